The van der Waals surface area contributed by atoms with Gasteiger partial charge in [0.25, 0.3) is 0 Å². The molecule has 0 fully saturated rings. The van der Waals surface area contributed by atoms with Crippen LogP contribution in [0.2, 0.25) is 0 Å². The molecule has 0 atom stereocenters. The molecule has 114 valence electrons. The van der Waals surface area contributed by atoms with Gasteiger partial charge in [-0.2, -0.15) is 5.10 Å². The zero-order valence-corrected chi connectivity index (χ0v) is 13.3. The van der Waals surface area contributed by atoms with E-state index in [2.05, 4.69) is 50.1 Å². The minimum Gasteiger partial charge on any atom is -0.330 e. The van der Waals surface area contributed by atoms with Crippen LogP contribution in [0.15, 0.2) is 6.07 Å². The number of aromatic nitrogens is 2. The highest BCUT2D eigenvalue weighted by molar-refractivity contribution is 5.89. The lowest BCUT2D eigenvalue weighted by Crippen LogP contribution is -2.20. The van der Waals surface area contributed by atoms with Crippen molar-refractivity contribution in [1.29, 1.82) is 0 Å². The van der Waals surface area contributed by atoms with E-state index < -0.39 is 0 Å². The number of aromatic amines is 1. The van der Waals surface area contributed by atoms with E-state index in [0.29, 0.717) is 18.8 Å². The molecule has 0 radical (unpaired) electrons. The van der Waals surface area contributed by atoms with Crippen molar-refractivity contribution >= 4 is 11.7 Å². The minimum atomic E-state index is -0.000898. The summed E-state index contributed by atoms with van der Waals surface area (Å²) in [6.07, 6.45) is 2.24. The van der Waals surface area contributed by atoms with Gasteiger partial charge >= 0.3 is 0 Å². The number of nitrogens with two attached hydrogens (primary N) is 1. The number of anilines is 1. The standard InChI is InChI=1S/C15H28N4O/c1-14(2,3)11-10-12(19-18-11)17-13(20)6-7-15(4,5)8-9-16/h10H,6-9,16H2,1-5H3,(H2,17,18,19,20). The lowest BCUT2D eigenvalue weighted by molar-refractivity contribution is -0.116. The van der Waals surface area contributed by atoms with E-state index in [1.165, 1.54) is 0 Å². The van der Waals surface area contributed by atoms with Crippen molar-refractivity contribution in [3.63, 3.8) is 0 Å². The summed E-state index contributed by atoms with van der Waals surface area (Å²) in [4.78, 5) is 11.9. The first-order chi connectivity index (χ1) is 9.14. The first-order valence-electron chi connectivity index (χ1n) is 7.20. The Morgan fingerprint density at radius 2 is 1.95 bits per heavy atom. The van der Waals surface area contributed by atoms with Crippen LogP contribution in [0, 0.1) is 5.41 Å². The second kappa shape index (κ2) is 6.39. The van der Waals surface area contributed by atoms with Crippen LogP contribution in [0.1, 0.15) is 59.6 Å². The quantitative estimate of drug-likeness (QED) is 0.749. The maximum Gasteiger partial charge on any atom is 0.225 e. The summed E-state index contributed by atoms with van der Waals surface area (Å²) in [6.45, 7) is 11.2. The highest BCUT2D eigenvalue weighted by atomic mass is 16.1. The van der Waals surface area contributed by atoms with Gasteiger partial charge in [0.1, 0.15) is 0 Å². The summed E-state index contributed by atoms with van der Waals surface area (Å²) in [5.41, 5.74) is 6.69. The van der Waals surface area contributed by atoms with Gasteiger partial charge in [0.2, 0.25) is 5.91 Å². The van der Waals surface area contributed by atoms with Crippen molar-refractivity contribution in [1.82, 2.24) is 10.2 Å². The summed E-state index contributed by atoms with van der Waals surface area (Å²) in [6, 6.07) is 1.89. The number of amides is 1. The number of rotatable bonds is 6. The predicted molar refractivity (Wildman–Crippen MR) is 82.6 cm³/mol. The Labute approximate surface area is 121 Å². The van der Waals surface area contributed by atoms with Crippen molar-refractivity contribution < 1.29 is 4.79 Å². The van der Waals surface area contributed by atoms with Gasteiger partial charge in [-0.15, -0.1) is 0 Å². The van der Waals surface area contributed by atoms with Crippen LogP contribution in [0.4, 0.5) is 5.82 Å². The number of nitrogens with zero attached hydrogens (tertiary/aromatic N) is 1. The molecule has 1 amide bonds. The van der Waals surface area contributed by atoms with Crippen LogP contribution in [0.3, 0.4) is 0 Å². The normalized spacial score (nSPS) is 12.5. The summed E-state index contributed by atoms with van der Waals surface area (Å²) < 4.78 is 0. The number of hydrogen-bond donors (Lipinski definition) is 3. The third-order valence-corrected chi connectivity index (χ3v) is 3.50. The molecule has 20 heavy (non-hydrogen) atoms. The molecule has 0 aliphatic heterocycles. The Morgan fingerprint density at radius 1 is 1.30 bits per heavy atom. The summed E-state index contributed by atoms with van der Waals surface area (Å²) in [5.74, 6) is 0.596. The van der Waals surface area contributed by atoms with Crippen LogP contribution >= 0.6 is 0 Å². The van der Waals surface area contributed by atoms with Gasteiger partial charge in [-0.3, -0.25) is 9.89 Å². The maximum atomic E-state index is 11.9. The molecular weight excluding hydrogens is 252 g/mol. The number of carbonyl (C=O) groups is 1. The van der Waals surface area contributed by atoms with E-state index in [-0.39, 0.29) is 16.7 Å². The molecule has 0 spiro atoms. The third-order valence-electron chi connectivity index (χ3n) is 3.50. The van der Waals surface area contributed by atoms with Crippen LogP contribution < -0.4 is 11.1 Å². The molecule has 5 heteroatoms. The highest BCUT2D eigenvalue weighted by Crippen LogP contribution is 2.26. The fourth-order valence-electron chi connectivity index (χ4n) is 1.94. The van der Waals surface area contributed by atoms with E-state index in [1.54, 1.807) is 0 Å². The molecule has 0 aliphatic carbocycles. The van der Waals surface area contributed by atoms with E-state index >= 15 is 0 Å². The van der Waals surface area contributed by atoms with Gasteiger partial charge in [-0.1, -0.05) is 34.6 Å². The van der Waals surface area contributed by atoms with E-state index in [0.717, 1.165) is 18.5 Å². The topological polar surface area (TPSA) is 83.8 Å². The Hall–Kier alpha value is -1.36. The van der Waals surface area contributed by atoms with Crippen LogP contribution in [0.25, 0.3) is 0 Å². The lowest BCUT2D eigenvalue weighted by Gasteiger charge is -2.23. The second-order valence-corrected chi connectivity index (χ2v) is 7.17. The lowest BCUT2D eigenvalue weighted by atomic mass is 9.84. The fourth-order valence-corrected chi connectivity index (χ4v) is 1.94. The van der Waals surface area contributed by atoms with Gasteiger partial charge in [-0.25, -0.2) is 0 Å². The van der Waals surface area contributed by atoms with Crippen LogP contribution in [-0.2, 0) is 10.2 Å². The molecule has 0 bridgehead atoms. The highest BCUT2D eigenvalue weighted by Gasteiger charge is 2.20. The van der Waals surface area contributed by atoms with Crippen molar-refractivity contribution in [2.24, 2.45) is 11.1 Å². The molecule has 1 heterocycles. The molecule has 0 unspecified atom stereocenters. The SMILES string of the molecule is CC(C)(CCN)CCC(=O)Nc1cc(C(C)(C)C)[nH]n1. The Balaban J connectivity index is 2.49. The molecule has 1 aromatic heterocycles. The number of H-pyrrole nitrogens is 1. The van der Waals surface area contributed by atoms with Crippen molar-refractivity contribution in [2.75, 3.05) is 11.9 Å². The molecule has 1 aromatic rings. The van der Waals surface area contributed by atoms with Crippen LogP contribution in [-0.4, -0.2) is 22.6 Å². The largest absolute Gasteiger partial charge is 0.330 e. The maximum absolute atomic E-state index is 11.9. The van der Waals surface area contributed by atoms with Crippen molar-refractivity contribution in [3.05, 3.63) is 11.8 Å². The van der Waals surface area contributed by atoms with Crippen molar-refractivity contribution in [3.8, 4) is 0 Å². The van der Waals surface area contributed by atoms with Crippen LogP contribution in [0.5, 0.6) is 0 Å². The number of hydrogen-bond acceptors (Lipinski definition) is 3. The Morgan fingerprint density at radius 3 is 2.45 bits per heavy atom. The zero-order valence-electron chi connectivity index (χ0n) is 13.3. The molecule has 4 N–H and O–H groups in total. The Bertz CT molecular complexity index is 443. The summed E-state index contributed by atoms with van der Waals surface area (Å²) in [5, 5.41) is 9.93. The first kappa shape index (κ1) is 16.7. The smallest absolute Gasteiger partial charge is 0.225 e. The van der Waals surface area contributed by atoms with Gasteiger partial charge in [0, 0.05) is 23.6 Å². The summed E-state index contributed by atoms with van der Waals surface area (Å²) in [7, 11) is 0. The van der Waals surface area contributed by atoms with Gasteiger partial charge < -0.3 is 11.1 Å². The van der Waals surface area contributed by atoms with Gasteiger partial charge in [0.05, 0.1) is 0 Å². The molecule has 0 aliphatic rings. The number of carbonyl (C=O) groups excluding carboxylic acids is 1. The molecule has 0 saturated heterocycles. The molecule has 5 nitrogen and oxygen atoms in total. The van der Waals surface area contributed by atoms with E-state index in [4.69, 9.17) is 5.73 Å². The zero-order chi connectivity index (χ0) is 15.4. The van der Waals surface area contributed by atoms with Gasteiger partial charge in [0.15, 0.2) is 5.82 Å². The van der Waals surface area contributed by atoms with E-state index in [9.17, 15) is 4.79 Å². The average Bonchev–Trinajstić information content (AvgIpc) is 2.75. The second-order valence-electron chi connectivity index (χ2n) is 7.17. The van der Waals surface area contributed by atoms with Crippen molar-refractivity contribution in [2.45, 2.75) is 59.3 Å². The molecule has 1 rings (SSSR count). The number of nitrogens with one attached hydrogen (secondary N) is 2. The molecule has 0 aromatic carbocycles. The van der Waals surface area contributed by atoms with Gasteiger partial charge in [-0.05, 0) is 24.8 Å². The average molecular weight is 280 g/mol. The summed E-state index contributed by atoms with van der Waals surface area (Å²) >= 11 is 0. The minimum absolute atomic E-state index is 0.000898. The first-order valence-corrected chi connectivity index (χ1v) is 7.20. The fraction of sp³-hybridized carbons (Fsp3) is 0.733. The Kier molecular flexibility index (Phi) is 5.34. The monoisotopic (exact) mass is 280 g/mol. The third kappa shape index (κ3) is 5.33. The predicted octanol–water partition coefficient (Wildman–Crippen LogP) is 2.80. The molecular formula is C15H28N4O. The molecule has 0 saturated carbocycles. The van der Waals surface area contributed by atoms with E-state index in [1.807, 2.05) is 6.07 Å².